The monoisotopic (exact) mass is 266 g/mol. The van der Waals surface area contributed by atoms with Gasteiger partial charge < -0.3 is 0 Å². The minimum Gasteiger partial charge on any atom is -0.258 e. The Bertz CT molecular complexity index is 698. The largest absolute Gasteiger partial charge is 0.270 e. The maximum Gasteiger partial charge on any atom is 0.270 e. The van der Waals surface area contributed by atoms with Crippen LogP contribution in [0.4, 0.5) is 5.69 Å². The summed E-state index contributed by atoms with van der Waals surface area (Å²) in [5, 5.41) is 19.7. The van der Waals surface area contributed by atoms with Gasteiger partial charge in [0.1, 0.15) is 0 Å². The molecule has 0 fully saturated rings. The first-order valence-corrected chi connectivity index (χ1v) is 6.35. The standard InChI is InChI=1S/C16H14N2O2/c1-3-13-9-15(18(19)20)8-11(2)16(13)14-6-4-12(10-17)5-7-14/h4-9H,3H2,1-2H3. The van der Waals surface area contributed by atoms with Crippen molar-refractivity contribution < 1.29 is 4.92 Å². The van der Waals surface area contributed by atoms with Gasteiger partial charge in [-0.1, -0.05) is 19.1 Å². The fourth-order valence-electron chi connectivity index (χ4n) is 2.35. The highest BCUT2D eigenvalue weighted by molar-refractivity contribution is 5.73. The Morgan fingerprint density at radius 3 is 2.40 bits per heavy atom. The van der Waals surface area contributed by atoms with Crippen LogP contribution >= 0.6 is 0 Å². The predicted octanol–water partition coefficient (Wildman–Crippen LogP) is 4.00. The van der Waals surface area contributed by atoms with Crippen LogP contribution in [0.2, 0.25) is 0 Å². The van der Waals surface area contributed by atoms with E-state index >= 15 is 0 Å². The molecule has 4 heteroatoms. The Morgan fingerprint density at radius 1 is 1.25 bits per heavy atom. The highest BCUT2D eigenvalue weighted by atomic mass is 16.6. The van der Waals surface area contributed by atoms with Crippen molar-refractivity contribution >= 4 is 5.69 Å². The summed E-state index contributed by atoms with van der Waals surface area (Å²) in [5.41, 5.74) is 4.54. The van der Waals surface area contributed by atoms with Crippen LogP contribution in [0.1, 0.15) is 23.6 Å². The maximum atomic E-state index is 10.9. The average molecular weight is 266 g/mol. The molecule has 0 radical (unpaired) electrons. The third kappa shape index (κ3) is 2.52. The van der Waals surface area contributed by atoms with E-state index in [-0.39, 0.29) is 10.6 Å². The molecule has 0 aliphatic rings. The summed E-state index contributed by atoms with van der Waals surface area (Å²) in [5.74, 6) is 0. The lowest BCUT2D eigenvalue weighted by Crippen LogP contribution is -1.96. The van der Waals surface area contributed by atoms with E-state index in [1.165, 1.54) is 0 Å². The molecule has 2 rings (SSSR count). The van der Waals surface area contributed by atoms with Crippen molar-refractivity contribution in [1.29, 1.82) is 5.26 Å². The molecule has 0 atom stereocenters. The van der Waals surface area contributed by atoms with E-state index < -0.39 is 0 Å². The van der Waals surface area contributed by atoms with Gasteiger partial charge in [-0.2, -0.15) is 5.26 Å². The molecule has 20 heavy (non-hydrogen) atoms. The second-order valence-corrected chi connectivity index (χ2v) is 4.60. The minimum absolute atomic E-state index is 0.122. The molecule has 0 N–H and O–H groups in total. The first-order valence-electron chi connectivity index (χ1n) is 6.35. The molecule has 0 saturated carbocycles. The van der Waals surface area contributed by atoms with Gasteiger partial charge in [-0.25, -0.2) is 0 Å². The van der Waals surface area contributed by atoms with E-state index in [2.05, 4.69) is 6.07 Å². The van der Waals surface area contributed by atoms with E-state index in [0.717, 1.165) is 28.7 Å². The van der Waals surface area contributed by atoms with Crippen LogP contribution in [0.25, 0.3) is 11.1 Å². The molecule has 100 valence electrons. The van der Waals surface area contributed by atoms with Gasteiger partial charge in [-0.15, -0.1) is 0 Å². The number of nitro benzene ring substituents is 1. The Labute approximate surface area is 117 Å². The summed E-state index contributed by atoms with van der Waals surface area (Å²) in [6.07, 6.45) is 0.720. The van der Waals surface area contributed by atoms with Crippen LogP contribution < -0.4 is 0 Å². The zero-order chi connectivity index (χ0) is 14.7. The number of non-ortho nitro benzene ring substituents is 1. The highest BCUT2D eigenvalue weighted by Crippen LogP contribution is 2.31. The van der Waals surface area contributed by atoms with Crippen molar-refractivity contribution in [1.82, 2.24) is 0 Å². The first-order chi connectivity index (χ1) is 9.56. The molecular formula is C16H14N2O2. The number of rotatable bonds is 3. The number of nitrogens with zero attached hydrogens (tertiary/aromatic N) is 2. The van der Waals surface area contributed by atoms with Gasteiger partial charge in [0, 0.05) is 12.1 Å². The zero-order valence-electron chi connectivity index (χ0n) is 11.4. The SMILES string of the molecule is CCc1cc([N+](=O)[O-])cc(C)c1-c1ccc(C#N)cc1. The summed E-state index contributed by atoms with van der Waals surface area (Å²) in [6.45, 7) is 3.85. The van der Waals surface area contributed by atoms with Gasteiger partial charge in [-0.3, -0.25) is 10.1 Å². The van der Waals surface area contributed by atoms with Crippen LogP contribution in [0.5, 0.6) is 0 Å². The summed E-state index contributed by atoms with van der Waals surface area (Å²) in [6, 6.07) is 12.6. The smallest absolute Gasteiger partial charge is 0.258 e. The highest BCUT2D eigenvalue weighted by Gasteiger charge is 2.14. The Morgan fingerprint density at radius 2 is 1.90 bits per heavy atom. The lowest BCUT2D eigenvalue weighted by molar-refractivity contribution is -0.384. The third-order valence-electron chi connectivity index (χ3n) is 3.30. The van der Waals surface area contributed by atoms with Crippen LogP contribution in [0, 0.1) is 28.4 Å². The van der Waals surface area contributed by atoms with Gasteiger partial charge >= 0.3 is 0 Å². The molecule has 2 aromatic rings. The summed E-state index contributed by atoms with van der Waals surface area (Å²) in [4.78, 5) is 10.6. The number of benzene rings is 2. The quantitative estimate of drug-likeness (QED) is 0.622. The summed E-state index contributed by atoms with van der Waals surface area (Å²) in [7, 11) is 0. The molecule has 0 aromatic heterocycles. The van der Waals surface area contributed by atoms with E-state index in [1.807, 2.05) is 26.0 Å². The Hall–Kier alpha value is -2.67. The molecule has 0 unspecified atom stereocenters. The van der Waals surface area contributed by atoms with Gasteiger partial charge in [-0.05, 0) is 47.7 Å². The van der Waals surface area contributed by atoms with E-state index in [1.54, 1.807) is 24.3 Å². The average Bonchev–Trinajstić information content (AvgIpc) is 2.46. The molecule has 2 aromatic carbocycles. The maximum absolute atomic E-state index is 10.9. The molecule has 0 heterocycles. The molecule has 0 aliphatic carbocycles. The molecule has 0 aliphatic heterocycles. The summed E-state index contributed by atoms with van der Waals surface area (Å²) >= 11 is 0. The molecule has 0 spiro atoms. The predicted molar refractivity (Wildman–Crippen MR) is 77.4 cm³/mol. The van der Waals surface area contributed by atoms with Crippen molar-refractivity contribution in [2.24, 2.45) is 0 Å². The fourth-order valence-corrected chi connectivity index (χ4v) is 2.35. The molecule has 4 nitrogen and oxygen atoms in total. The van der Waals surface area contributed by atoms with Gasteiger partial charge in [0.25, 0.3) is 5.69 Å². The first kappa shape index (κ1) is 13.8. The zero-order valence-corrected chi connectivity index (χ0v) is 11.4. The number of aryl methyl sites for hydroxylation is 2. The second kappa shape index (κ2) is 5.54. The molecule has 0 amide bonds. The Kier molecular flexibility index (Phi) is 3.81. The number of hydrogen-bond donors (Lipinski definition) is 0. The van der Waals surface area contributed by atoms with Crippen molar-refractivity contribution in [3.05, 3.63) is 63.2 Å². The topological polar surface area (TPSA) is 66.9 Å². The lowest BCUT2D eigenvalue weighted by atomic mass is 9.92. The molecule has 0 bridgehead atoms. The third-order valence-corrected chi connectivity index (χ3v) is 3.30. The van der Waals surface area contributed by atoms with E-state index in [0.29, 0.717) is 5.56 Å². The fraction of sp³-hybridized carbons (Fsp3) is 0.188. The number of nitriles is 1. The van der Waals surface area contributed by atoms with Crippen LogP contribution in [-0.4, -0.2) is 4.92 Å². The minimum atomic E-state index is -0.366. The number of nitro groups is 1. The second-order valence-electron chi connectivity index (χ2n) is 4.60. The van der Waals surface area contributed by atoms with Crippen molar-refractivity contribution in [2.75, 3.05) is 0 Å². The van der Waals surface area contributed by atoms with Crippen LogP contribution in [0.3, 0.4) is 0 Å². The van der Waals surface area contributed by atoms with Gasteiger partial charge in [0.05, 0.1) is 16.6 Å². The van der Waals surface area contributed by atoms with Crippen LogP contribution in [-0.2, 0) is 6.42 Å². The summed E-state index contributed by atoms with van der Waals surface area (Å²) < 4.78 is 0. The van der Waals surface area contributed by atoms with E-state index in [9.17, 15) is 10.1 Å². The number of hydrogen-bond acceptors (Lipinski definition) is 3. The van der Waals surface area contributed by atoms with Crippen molar-refractivity contribution in [3.8, 4) is 17.2 Å². The van der Waals surface area contributed by atoms with E-state index in [4.69, 9.17) is 5.26 Å². The van der Waals surface area contributed by atoms with Crippen molar-refractivity contribution in [3.63, 3.8) is 0 Å². The normalized spacial score (nSPS) is 10.1. The molecular weight excluding hydrogens is 252 g/mol. The van der Waals surface area contributed by atoms with Crippen LogP contribution in [0.15, 0.2) is 36.4 Å². The molecule has 0 saturated heterocycles. The van der Waals surface area contributed by atoms with Gasteiger partial charge in [0.2, 0.25) is 0 Å². The Balaban J connectivity index is 2.60. The lowest BCUT2D eigenvalue weighted by Gasteiger charge is -2.12. The van der Waals surface area contributed by atoms with Gasteiger partial charge in [0.15, 0.2) is 0 Å². The van der Waals surface area contributed by atoms with Crippen molar-refractivity contribution in [2.45, 2.75) is 20.3 Å².